The monoisotopic (exact) mass is 302 g/mol. The first kappa shape index (κ1) is 14.3. The predicted molar refractivity (Wildman–Crippen MR) is 72.3 cm³/mol. The highest BCUT2D eigenvalue weighted by atomic mass is 79.9. The van der Waals surface area contributed by atoms with Gasteiger partial charge in [0, 0.05) is 19.2 Å². The maximum absolute atomic E-state index is 5.47. The number of likely N-dealkylation sites (N-methyl/N-ethyl adjacent to an activating group) is 1. The van der Waals surface area contributed by atoms with Crippen LogP contribution >= 0.6 is 15.9 Å². The molecule has 0 aromatic carbocycles. The molecule has 1 aromatic rings. The smallest absolute Gasteiger partial charge is 0.130 e. The third kappa shape index (κ3) is 6.55. The van der Waals surface area contributed by atoms with Crippen LogP contribution in [0.2, 0.25) is 0 Å². The number of anilines is 1. The normalized spacial score (nSPS) is 10.9. The number of rotatable bonds is 7. The number of aromatic nitrogens is 2. The minimum Gasteiger partial charge on any atom is -0.378 e. The highest BCUT2D eigenvalue weighted by molar-refractivity contribution is 9.10. The molecule has 0 radical (unpaired) electrons. The van der Waals surface area contributed by atoms with Crippen molar-refractivity contribution in [3.63, 3.8) is 0 Å². The SMILES string of the molecule is Cc1nc(Br)cc(NCCOCCN(C)C)n1. The summed E-state index contributed by atoms with van der Waals surface area (Å²) < 4.78 is 6.26. The Bertz CT molecular complexity index is 326. The van der Waals surface area contributed by atoms with Crippen LogP contribution in [0, 0.1) is 6.92 Å². The third-order valence-electron chi connectivity index (χ3n) is 2.04. The number of hydrogen-bond donors (Lipinski definition) is 1. The van der Waals surface area contributed by atoms with E-state index in [0.717, 1.165) is 35.9 Å². The minimum absolute atomic E-state index is 0.675. The topological polar surface area (TPSA) is 50.3 Å². The number of ether oxygens (including phenoxy) is 1. The van der Waals surface area contributed by atoms with Crippen LogP contribution < -0.4 is 5.32 Å². The summed E-state index contributed by atoms with van der Waals surface area (Å²) in [6.45, 7) is 4.98. The van der Waals surface area contributed by atoms with Crippen LogP contribution in [-0.4, -0.2) is 55.3 Å². The van der Waals surface area contributed by atoms with Crippen LogP contribution in [0.5, 0.6) is 0 Å². The van der Waals surface area contributed by atoms with Crippen molar-refractivity contribution in [1.82, 2.24) is 14.9 Å². The standard InChI is InChI=1S/C11H19BrN4O/c1-9-14-10(12)8-11(15-9)13-4-6-17-7-5-16(2)3/h8H,4-7H2,1-3H3,(H,13,14,15). The van der Waals surface area contributed by atoms with Crippen LogP contribution in [0.15, 0.2) is 10.7 Å². The summed E-state index contributed by atoms with van der Waals surface area (Å²) in [4.78, 5) is 10.5. The fraction of sp³-hybridized carbons (Fsp3) is 0.636. The van der Waals surface area contributed by atoms with Gasteiger partial charge in [-0.05, 0) is 36.9 Å². The van der Waals surface area contributed by atoms with E-state index in [0.29, 0.717) is 6.61 Å². The van der Waals surface area contributed by atoms with Crippen molar-refractivity contribution in [2.24, 2.45) is 0 Å². The maximum Gasteiger partial charge on any atom is 0.130 e. The average Bonchev–Trinajstić information content (AvgIpc) is 2.21. The van der Waals surface area contributed by atoms with E-state index in [2.05, 4.69) is 36.1 Å². The van der Waals surface area contributed by atoms with E-state index in [1.165, 1.54) is 0 Å². The van der Waals surface area contributed by atoms with Crippen LogP contribution in [0.4, 0.5) is 5.82 Å². The van der Waals surface area contributed by atoms with Crippen LogP contribution in [-0.2, 0) is 4.74 Å². The molecule has 0 spiro atoms. The Morgan fingerprint density at radius 3 is 2.76 bits per heavy atom. The van der Waals surface area contributed by atoms with Crippen LogP contribution in [0.3, 0.4) is 0 Å². The fourth-order valence-electron chi connectivity index (χ4n) is 1.22. The number of halogens is 1. The zero-order valence-corrected chi connectivity index (χ0v) is 12.1. The van der Waals surface area contributed by atoms with Gasteiger partial charge in [-0.1, -0.05) is 0 Å². The van der Waals surface area contributed by atoms with E-state index in [9.17, 15) is 0 Å². The first-order valence-electron chi connectivity index (χ1n) is 5.55. The Kier molecular flexibility index (Phi) is 6.39. The number of hydrogen-bond acceptors (Lipinski definition) is 5. The molecule has 0 aliphatic heterocycles. The molecule has 0 bridgehead atoms. The Labute approximate surface area is 111 Å². The summed E-state index contributed by atoms with van der Waals surface area (Å²) >= 11 is 3.33. The summed E-state index contributed by atoms with van der Waals surface area (Å²) in [6, 6.07) is 1.85. The molecule has 17 heavy (non-hydrogen) atoms. The van der Waals surface area contributed by atoms with Gasteiger partial charge in [-0.25, -0.2) is 9.97 Å². The van der Waals surface area contributed by atoms with Crippen LogP contribution in [0.25, 0.3) is 0 Å². The van der Waals surface area contributed by atoms with Crippen molar-refractivity contribution in [1.29, 1.82) is 0 Å². The molecule has 1 heterocycles. The predicted octanol–water partition coefficient (Wildman–Crippen LogP) is 1.54. The Morgan fingerprint density at radius 2 is 2.12 bits per heavy atom. The summed E-state index contributed by atoms with van der Waals surface area (Å²) in [5.41, 5.74) is 0. The molecule has 0 amide bonds. The lowest BCUT2D eigenvalue weighted by Gasteiger charge is -2.10. The molecular formula is C11H19BrN4O. The third-order valence-corrected chi connectivity index (χ3v) is 2.45. The van der Waals surface area contributed by atoms with Gasteiger partial charge in [0.1, 0.15) is 16.2 Å². The number of nitrogens with one attached hydrogen (secondary N) is 1. The summed E-state index contributed by atoms with van der Waals surface area (Å²) in [6.07, 6.45) is 0. The Balaban J connectivity index is 2.18. The highest BCUT2D eigenvalue weighted by Crippen LogP contribution is 2.11. The lowest BCUT2D eigenvalue weighted by molar-refractivity contribution is 0.126. The van der Waals surface area contributed by atoms with Gasteiger partial charge < -0.3 is 15.0 Å². The van der Waals surface area contributed by atoms with Gasteiger partial charge in [-0.2, -0.15) is 0 Å². The molecule has 1 aromatic heterocycles. The Hall–Kier alpha value is -0.720. The molecule has 1 rings (SSSR count). The molecular weight excluding hydrogens is 284 g/mol. The maximum atomic E-state index is 5.47. The molecule has 0 saturated carbocycles. The second-order valence-corrected chi connectivity index (χ2v) is 4.78. The van der Waals surface area contributed by atoms with Crippen molar-refractivity contribution in [2.75, 3.05) is 45.7 Å². The zero-order valence-electron chi connectivity index (χ0n) is 10.5. The highest BCUT2D eigenvalue weighted by Gasteiger charge is 1.98. The minimum atomic E-state index is 0.675. The van der Waals surface area contributed by atoms with Gasteiger partial charge >= 0.3 is 0 Å². The van der Waals surface area contributed by atoms with Gasteiger partial charge in [-0.15, -0.1) is 0 Å². The van der Waals surface area contributed by atoms with Gasteiger partial charge in [-0.3, -0.25) is 0 Å². The molecule has 0 aliphatic carbocycles. The quantitative estimate of drug-likeness (QED) is 0.611. The molecule has 0 saturated heterocycles. The lowest BCUT2D eigenvalue weighted by atomic mass is 10.5. The number of aryl methyl sites for hydroxylation is 1. The molecule has 5 nitrogen and oxygen atoms in total. The van der Waals surface area contributed by atoms with Crippen molar-refractivity contribution < 1.29 is 4.74 Å². The molecule has 0 aliphatic rings. The van der Waals surface area contributed by atoms with Crippen molar-refractivity contribution in [3.8, 4) is 0 Å². The fourth-order valence-corrected chi connectivity index (χ4v) is 1.70. The zero-order chi connectivity index (χ0) is 12.7. The van der Waals surface area contributed by atoms with Gasteiger partial charge in [0.15, 0.2) is 0 Å². The molecule has 6 heteroatoms. The van der Waals surface area contributed by atoms with E-state index < -0.39 is 0 Å². The van der Waals surface area contributed by atoms with E-state index in [1.54, 1.807) is 0 Å². The van der Waals surface area contributed by atoms with Crippen molar-refractivity contribution in [2.45, 2.75) is 6.92 Å². The molecule has 96 valence electrons. The Morgan fingerprint density at radius 1 is 1.35 bits per heavy atom. The van der Waals surface area contributed by atoms with E-state index >= 15 is 0 Å². The van der Waals surface area contributed by atoms with Gasteiger partial charge in [0.05, 0.1) is 13.2 Å². The molecule has 0 unspecified atom stereocenters. The van der Waals surface area contributed by atoms with Crippen molar-refractivity contribution in [3.05, 3.63) is 16.5 Å². The molecule has 1 N–H and O–H groups in total. The van der Waals surface area contributed by atoms with Crippen molar-refractivity contribution >= 4 is 21.7 Å². The number of nitrogens with zero attached hydrogens (tertiary/aromatic N) is 3. The summed E-state index contributed by atoms with van der Waals surface area (Å²) in [7, 11) is 4.06. The van der Waals surface area contributed by atoms with E-state index in [4.69, 9.17) is 4.74 Å². The largest absolute Gasteiger partial charge is 0.378 e. The summed E-state index contributed by atoms with van der Waals surface area (Å²) in [5.74, 6) is 1.57. The molecule has 0 fully saturated rings. The van der Waals surface area contributed by atoms with Gasteiger partial charge in [0.25, 0.3) is 0 Å². The first-order valence-corrected chi connectivity index (χ1v) is 6.35. The van der Waals surface area contributed by atoms with Crippen LogP contribution in [0.1, 0.15) is 5.82 Å². The second-order valence-electron chi connectivity index (χ2n) is 3.97. The van der Waals surface area contributed by atoms with E-state index in [-0.39, 0.29) is 0 Å². The average molecular weight is 303 g/mol. The van der Waals surface area contributed by atoms with E-state index in [1.807, 2.05) is 27.1 Å². The molecule has 0 atom stereocenters. The first-order chi connectivity index (χ1) is 8.08. The second kappa shape index (κ2) is 7.58. The summed E-state index contributed by atoms with van der Waals surface area (Å²) in [5, 5.41) is 3.19. The lowest BCUT2D eigenvalue weighted by Crippen LogP contribution is -2.20. The van der Waals surface area contributed by atoms with Gasteiger partial charge in [0.2, 0.25) is 0 Å².